The van der Waals surface area contributed by atoms with Crippen molar-refractivity contribution in [1.82, 2.24) is 10.6 Å². The van der Waals surface area contributed by atoms with Crippen molar-refractivity contribution in [2.45, 2.75) is 69.1 Å². The number of hydrogen-bond donors (Lipinski definition) is 5. The Morgan fingerprint density at radius 3 is 2.30 bits per heavy atom. The number of sulfonamides is 1. The maximum atomic E-state index is 12.4. The van der Waals surface area contributed by atoms with Gasteiger partial charge in [-0.1, -0.05) is 79.9 Å². The highest BCUT2D eigenvalue weighted by Gasteiger charge is 2.42. The third-order valence-corrected chi connectivity index (χ3v) is 9.04. The predicted octanol–water partition coefficient (Wildman–Crippen LogP) is 5.25. The lowest BCUT2D eigenvalue weighted by Gasteiger charge is -2.43. The molecular weight excluding hydrogens is 612 g/mol. The van der Waals surface area contributed by atoms with Crippen LogP contribution in [0.5, 0.6) is 0 Å². The van der Waals surface area contributed by atoms with Gasteiger partial charge in [0.1, 0.15) is 5.84 Å². The fourth-order valence-electron chi connectivity index (χ4n) is 6.16. The van der Waals surface area contributed by atoms with E-state index in [0.717, 1.165) is 32.1 Å². The van der Waals surface area contributed by atoms with Crippen molar-refractivity contribution < 1.29 is 37.4 Å². The standard InChI is InChI=1S/C33H38N4O8S/c1-21(38)44-22(2)45-32(41)36-30(34)25-10-8-9-23(19-25)20-33(37-31(39)40,26-11-4-3-5-12-26)27-17-15-24(16-18-27)28-13-6-7-14-29(28)46(35,42)43/h6-10,13-19,22,26,37H,3-5,11-12,20H2,1-2H3,(H,39,40)(H2,34,36,41)(H2,35,42,43). The number of esters is 1. The number of amidine groups is 1. The highest BCUT2D eigenvalue weighted by Crippen LogP contribution is 2.42. The first kappa shape index (κ1) is 34.1. The summed E-state index contributed by atoms with van der Waals surface area (Å²) in [6.45, 7) is 2.55. The Hall–Kier alpha value is -4.75. The average Bonchev–Trinajstić information content (AvgIpc) is 3.00. The number of amides is 2. The number of primary sulfonamides is 1. The molecule has 0 saturated heterocycles. The maximum absolute atomic E-state index is 12.4. The summed E-state index contributed by atoms with van der Waals surface area (Å²) in [6, 6.07) is 20.5. The highest BCUT2D eigenvalue weighted by molar-refractivity contribution is 7.89. The summed E-state index contributed by atoms with van der Waals surface area (Å²) in [5.41, 5.74) is 1.77. The van der Waals surface area contributed by atoms with E-state index in [-0.39, 0.29) is 23.1 Å². The number of nitrogens with one attached hydrogen (secondary N) is 3. The lowest BCUT2D eigenvalue weighted by atomic mass is 9.68. The summed E-state index contributed by atoms with van der Waals surface area (Å²) >= 11 is 0. The first-order chi connectivity index (χ1) is 21.8. The molecule has 3 aromatic carbocycles. The van der Waals surface area contributed by atoms with Crippen molar-refractivity contribution in [3.8, 4) is 11.1 Å². The molecule has 0 radical (unpaired) electrons. The van der Waals surface area contributed by atoms with Gasteiger partial charge in [0, 0.05) is 31.4 Å². The SMILES string of the molecule is CC(=O)OC(C)OC(=O)NC(=N)c1cccc(CC(NC(=O)O)(c2ccc(-c3ccccc3S(N)(=O)=O)cc2)C2CCCCC2)c1. The second-order valence-corrected chi connectivity index (χ2v) is 12.8. The minimum Gasteiger partial charge on any atom is -0.465 e. The summed E-state index contributed by atoms with van der Waals surface area (Å²) < 4.78 is 34.2. The third-order valence-electron chi connectivity index (χ3n) is 8.07. The highest BCUT2D eigenvalue weighted by atomic mass is 32.2. The van der Waals surface area contributed by atoms with Crippen molar-refractivity contribution in [2.75, 3.05) is 0 Å². The summed E-state index contributed by atoms with van der Waals surface area (Å²) in [6.07, 6.45) is 1.45. The average molecular weight is 651 g/mol. The van der Waals surface area contributed by atoms with E-state index in [1.54, 1.807) is 48.5 Å². The maximum Gasteiger partial charge on any atom is 0.415 e. The molecule has 3 aromatic rings. The van der Waals surface area contributed by atoms with Crippen LogP contribution in [0.15, 0.2) is 77.7 Å². The van der Waals surface area contributed by atoms with E-state index in [9.17, 15) is 27.9 Å². The van der Waals surface area contributed by atoms with Gasteiger partial charge in [-0.05, 0) is 47.6 Å². The van der Waals surface area contributed by atoms with Crippen molar-refractivity contribution in [2.24, 2.45) is 11.1 Å². The van der Waals surface area contributed by atoms with Crippen LogP contribution < -0.4 is 15.8 Å². The van der Waals surface area contributed by atoms with Gasteiger partial charge in [-0.2, -0.15) is 0 Å². The molecule has 1 fully saturated rings. The van der Waals surface area contributed by atoms with E-state index >= 15 is 0 Å². The van der Waals surface area contributed by atoms with Gasteiger partial charge in [0.15, 0.2) is 0 Å². The zero-order valence-corrected chi connectivity index (χ0v) is 26.4. The number of carboxylic acid groups (broad SMARTS) is 1. The Kier molecular flexibility index (Phi) is 10.8. The minimum atomic E-state index is -3.98. The van der Waals surface area contributed by atoms with Crippen LogP contribution in [0.2, 0.25) is 0 Å². The largest absolute Gasteiger partial charge is 0.465 e. The van der Waals surface area contributed by atoms with Crippen molar-refractivity contribution in [3.05, 3.63) is 89.5 Å². The van der Waals surface area contributed by atoms with Crippen LogP contribution in [0.4, 0.5) is 9.59 Å². The molecule has 0 spiro atoms. The van der Waals surface area contributed by atoms with Crippen LogP contribution in [0.3, 0.4) is 0 Å². The van der Waals surface area contributed by atoms with Gasteiger partial charge in [0.05, 0.1) is 10.4 Å². The molecular formula is C33H38N4O8S. The molecule has 6 N–H and O–H groups in total. The minimum absolute atomic E-state index is 0.0115. The van der Waals surface area contributed by atoms with Crippen LogP contribution in [0.1, 0.15) is 62.6 Å². The number of alkyl carbamates (subject to hydrolysis) is 1. The number of nitrogens with two attached hydrogens (primary N) is 1. The number of rotatable bonds is 10. The number of carbonyl (C=O) groups is 3. The Morgan fingerprint density at radius 2 is 1.67 bits per heavy atom. The van der Waals surface area contributed by atoms with E-state index in [0.29, 0.717) is 27.8 Å². The molecule has 2 unspecified atom stereocenters. The molecule has 13 heteroatoms. The van der Waals surface area contributed by atoms with E-state index in [4.69, 9.17) is 20.0 Å². The molecule has 4 rings (SSSR count). The third kappa shape index (κ3) is 8.49. The van der Waals surface area contributed by atoms with E-state index < -0.39 is 40.0 Å². The second-order valence-electron chi connectivity index (χ2n) is 11.3. The van der Waals surface area contributed by atoms with Gasteiger partial charge in [-0.3, -0.25) is 15.5 Å². The van der Waals surface area contributed by atoms with Crippen molar-refractivity contribution in [1.29, 1.82) is 5.41 Å². The summed E-state index contributed by atoms with van der Waals surface area (Å²) in [5.74, 6) is -0.935. The Bertz CT molecular complexity index is 1700. The molecule has 1 aliphatic rings. The van der Waals surface area contributed by atoms with Crippen molar-refractivity contribution in [3.63, 3.8) is 0 Å². The lowest BCUT2D eigenvalue weighted by Crippen LogP contribution is -2.53. The van der Waals surface area contributed by atoms with E-state index in [1.807, 2.05) is 18.2 Å². The number of ether oxygens (including phenoxy) is 2. The quantitative estimate of drug-likeness (QED) is 0.0848. The molecule has 46 heavy (non-hydrogen) atoms. The van der Waals surface area contributed by atoms with Crippen molar-refractivity contribution >= 4 is 34.0 Å². The Morgan fingerprint density at radius 1 is 1.00 bits per heavy atom. The lowest BCUT2D eigenvalue weighted by molar-refractivity contribution is -0.161. The fourth-order valence-corrected chi connectivity index (χ4v) is 6.92. The van der Waals surface area contributed by atoms with E-state index in [2.05, 4.69) is 10.6 Å². The number of hydrogen-bond acceptors (Lipinski definition) is 8. The van der Waals surface area contributed by atoms with Crippen LogP contribution in [-0.4, -0.2) is 43.8 Å². The second kappa shape index (κ2) is 14.6. The summed E-state index contributed by atoms with van der Waals surface area (Å²) in [4.78, 5) is 35.8. The van der Waals surface area contributed by atoms with Gasteiger partial charge in [-0.15, -0.1) is 0 Å². The molecule has 1 aliphatic carbocycles. The molecule has 12 nitrogen and oxygen atoms in total. The molecule has 2 amide bonds. The molecule has 2 atom stereocenters. The summed E-state index contributed by atoms with van der Waals surface area (Å²) in [7, 11) is -3.98. The van der Waals surface area contributed by atoms with Crippen LogP contribution in [0, 0.1) is 11.3 Å². The van der Waals surface area contributed by atoms with Gasteiger partial charge in [-0.25, -0.2) is 23.1 Å². The molecule has 0 heterocycles. The van der Waals surface area contributed by atoms with Gasteiger partial charge in [0.2, 0.25) is 16.3 Å². The normalized spacial score (nSPS) is 15.5. The zero-order valence-electron chi connectivity index (χ0n) is 25.6. The van der Waals surface area contributed by atoms with E-state index in [1.165, 1.54) is 19.9 Å². The van der Waals surface area contributed by atoms with Gasteiger partial charge in [0.25, 0.3) is 0 Å². The summed E-state index contributed by atoms with van der Waals surface area (Å²) in [5, 5.41) is 29.2. The number of benzene rings is 3. The monoisotopic (exact) mass is 650 g/mol. The van der Waals surface area contributed by atoms with Crippen LogP contribution in [0.25, 0.3) is 11.1 Å². The zero-order chi connectivity index (χ0) is 33.5. The van der Waals surface area contributed by atoms with Crippen LogP contribution in [-0.2, 0) is 36.3 Å². The Balaban J connectivity index is 1.69. The molecule has 0 aromatic heterocycles. The smallest absolute Gasteiger partial charge is 0.415 e. The molecule has 0 bridgehead atoms. The predicted molar refractivity (Wildman–Crippen MR) is 170 cm³/mol. The van der Waals surface area contributed by atoms with Gasteiger partial charge >= 0.3 is 18.2 Å². The topological polar surface area (TPSA) is 198 Å². The van der Waals surface area contributed by atoms with Crippen LogP contribution >= 0.6 is 0 Å². The van der Waals surface area contributed by atoms with Gasteiger partial charge < -0.3 is 19.9 Å². The molecule has 0 aliphatic heterocycles. The molecule has 1 saturated carbocycles. The fraction of sp³-hybridized carbons (Fsp3) is 0.333. The first-order valence-electron chi connectivity index (χ1n) is 14.8. The first-order valence-corrected chi connectivity index (χ1v) is 16.4. The number of carbonyl (C=O) groups excluding carboxylic acids is 2. The molecule has 244 valence electrons. The Labute approximate surface area is 267 Å².